The lowest BCUT2D eigenvalue weighted by Gasteiger charge is -2.11. The zero-order valence-corrected chi connectivity index (χ0v) is 10.8. The third kappa shape index (κ3) is 2.27. The Hall–Kier alpha value is -2.10. The van der Waals surface area contributed by atoms with Crippen molar-refractivity contribution < 1.29 is 4.74 Å². The van der Waals surface area contributed by atoms with Gasteiger partial charge in [-0.25, -0.2) is 9.97 Å². The standard InChI is InChI=1S/C14H17N3O/c1-9(2)13-11(15)8-16-14(17-13)10-6-4-5-7-12(10)18-3/h4-9H,15H2,1-3H3. The Morgan fingerprint density at radius 3 is 2.61 bits per heavy atom. The molecule has 0 spiro atoms. The van der Waals surface area contributed by atoms with Crippen LogP contribution in [0.3, 0.4) is 0 Å². The second kappa shape index (κ2) is 5.04. The van der Waals surface area contributed by atoms with Crippen LogP contribution in [0.4, 0.5) is 5.69 Å². The largest absolute Gasteiger partial charge is 0.496 e. The zero-order valence-electron chi connectivity index (χ0n) is 10.8. The number of rotatable bonds is 3. The maximum Gasteiger partial charge on any atom is 0.163 e. The third-order valence-electron chi connectivity index (χ3n) is 2.74. The van der Waals surface area contributed by atoms with Crippen molar-refractivity contribution in [2.45, 2.75) is 19.8 Å². The van der Waals surface area contributed by atoms with Crippen LogP contribution in [-0.4, -0.2) is 17.1 Å². The van der Waals surface area contributed by atoms with Gasteiger partial charge in [0, 0.05) is 0 Å². The molecule has 0 radical (unpaired) electrons. The second-order valence-electron chi connectivity index (χ2n) is 4.39. The van der Waals surface area contributed by atoms with E-state index in [1.807, 2.05) is 24.3 Å². The van der Waals surface area contributed by atoms with Gasteiger partial charge in [0.1, 0.15) is 5.75 Å². The molecule has 0 atom stereocenters. The van der Waals surface area contributed by atoms with E-state index in [0.29, 0.717) is 11.5 Å². The Labute approximate surface area is 107 Å². The molecule has 0 aliphatic rings. The zero-order chi connectivity index (χ0) is 13.1. The Morgan fingerprint density at radius 2 is 1.94 bits per heavy atom. The number of nitrogens with two attached hydrogens (primary N) is 1. The highest BCUT2D eigenvalue weighted by atomic mass is 16.5. The minimum atomic E-state index is 0.265. The predicted octanol–water partition coefficient (Wildman–Crippen LogP) is 2.86. The molecule has 0 saturated heterocycles. The van der Waals surface area contributed by atoms with Crippen molar-refractivity contribution in [3.63, 3.8) is 0 Å². The molecule has 18 heavy (non-hydrogen) atoms. The monoisotopic (exact) mass is 243 g/mol. The van der Waals surface area contributed by atoms with Gasteiger partial charge in [0.05, 0.1) is 30.3 Å². The molecule has 2 aromatic rings. The first kappa shape index (κ1) is 12.4. The summed E-state index contributed by atoms with van der Waals surface area (Å²) < 4.78 is 5.32. The summed E-state index contributed by atoms with van der Waals surface area (Å²) in [6.45, 7) is 4.12. The number of benzene rings is 1. The average Bonchev–Trinajstić information content (AvgIpc) is 2.39. The van der Waals surface area contributed by atoms with Gasteiger partial charge in [-0.2, -0.15) is 0 Å². The maximum atomic E-state index is 5.88. The summed E-state index contributed by atoms with van der Waals surface area (Å²) in [4.78, 5) is 8.82. The molecule has 0 fully saturated rings. The van der Waals surface area contributed by atoms with E-state index < -0.39 is 0 Å². The molecule has 1 aromatic carbocycles. The average molecular weight is 243 g/mol. The number of para-hydroxylation sites is 1. The first-order valence-electron chi connectivity index (χ1n) is 5.89. The van der Waals surface area contributed by atoms with Crippen molar-refractivity contribution >= 4 is 5.69 Å². The fraction of sp³-hybridized carbons (Fsp3) is 0.286. The first-order valence-corrected chi connectivity index (χ1v) is 5.89. The second-order valence-corrected chi connectivity index (χ2v) is 4.39. The Balaban J connectivity index is 2.54. The van der Waals surface area contributed by atoms with Crippen LogP contribution in [0.5, 0.6) is 5.75 Å². The third-order valence-corrected chi connectivity index (χ3v) is 2.74. The van der Waals surface area contributed by atoms with Crippen LogP contribution < -0.4 is 10.5 Å². The SMILES string of the molecule is COc1ccccc1-c1ncc(N)c(C(C)C)n1. The number of nitrogen functional groups attached to an aromatic ring is 1. The van der Waals surface area contributed by atoms with Crippen molar-refractivity contribution in [2.24, 2.45) is 0 Å². The lowest BCUT2D eigenvalue weighted by molar-refractivity contribution is 0.416. The van der Waals surface area contributed by atoms with E-state index in [1.165, 1.54) is 0 Å². The normalized spacial score (nSPS) is 10.7. The van der Waals surface area contributed by atoms with E-state index in [0.717, 1.165) is 17.0 Å². The van der Waals surface area contributed by atoms with Gasteiger partial charge in [-0.1, -0.05) is 26.0 Å². The van der Waals surface area contributed by atoms with Crippen molar-refractivity contribution in [3.8, 4) is 17.1 Å². The summed E-state index contributed by atoms with van der Waals surface area (Å²) in [7, 11) is 1.64. The van der Waals surface area contributed by atoms with Gasteiger partial charge in [-0.3, -0.25) is 0 Å². The van der Waals surface area contributed by atoms with Gasteiger partial charge in [0.25, 0.3) is 0 Å². The summed E-state index contributed by atoms with van der Waals surface area (Å²) in [5, 5.41) is 0. The molecule has 0 saturated carbocycles. The highest BCUT2D eigenvalue weighted by molar-refractivity contribution is 5.65. The summed E-state index contributed by atoms with van der Waals surface area (Å²) >= 11 is 0. The van der Waals surface area contributed by atoms with Crippen LogP contribution in [0, 0.1) is 0 Å². The van der Waals surface area contributed by atoms with Crippen molar-refractivity contribution in [1.82, 2.24) is 9.97 Å². The van der Waals surface area contributed by atoms with Crippen LogP contribution in [0.2, 0.25) is 0 Å². The molecule has 1 aromatic heterocycles. The summed E-state index contributed by atoms with van der Waals surface area (Å²) in [5.74, 6) is 1.67. The molecule has 1 heterocycles. The molecular weight excluding hydrogens is 226 g/mol. The fourth-order valence-corrected chi connectivity index (χ4v) is 1.83. The van der Waals surface area contributed by atoms with E-state index >= 15 is 0 Å². The molecule has 0 unspecified atom stereocenters. The quantitative estimate of drug-likeness (QED) is 0.900. The molecular formula is C14H17N3O. The topological polar surface area (TPSA) is 61.0 Å². The van der Waals surface area contributed by atoms with Gasteiger partial charge in [-0.15, -0.1) is 0 Å². The molecule has 2 N–H and O–H groups in total. The maximum absolute atomic E-state index is 5.88. The number of hydrogen-bond donors (Lipinski definition) is 1. The predicted molar refractivity (Wildman–Crippen MR) is 72.5 cm³/mol. The minimum Gasteiger partial charge on any atom is -0.496 e. The van der Waals surface area contributed by atoms with E-state index in [9.17, 15) is 0 Å². The van der Waals surface area contributed by atoms with E-state index in [2.05, 4.69) is 23.8 Å². The number of methoxy groups -OCH3 is 1. The fourth-order valence-electron chi connectivity index (χ4n) is 1.83. The highest BCUT2D eigenvalue weighted by Crippen LogP contribution is 2.29. The summed E-state index contributed by atoms with van der Waals surface area (Å²) in [6.07, 6.45) is 1.66. The Morgan fingerprint density at radius 1 is 1.22 bits per heavy atom. The number of nitrogens with zero attached hydrogens (tertiary/aromatic N) is 2. The lowest BCUT2D eigenvalue weighted by Crippen LogP contribution is -2.03. The van der Waals surface area contributed by atoms with Gasteiger partial charge < -0.3 is 10.5 Å². The molecule has 94 valence electrons. The van der Waals surface area contributed by atoms with Crippen LogP contribution >= 0.6 is 0 Å². The minimum absolute atomic E-state index is 0.265. The Bertz CT molecular complexity index is 552. The van der Waals surface area contributed by atoms with E-state index in [1.54, 1.807) is 13.3 Å². The van der Waals surface area contributed by atoms with Crippen LogP contribution in [-0.2, 0) is 0 Å². The number of anilines is 1. The van der Waals surface area contributed by atoms with E-state index in [-0.39, 0.29) is 5.92 Å². The molecule has 2 rings (SSSR count). The summed E-state index contributed by atoms with van der Waals surface area (Å²) in [6, 6.07) is 7.69. The summed E-state index contributed by atoms with van der Waals surface area (Å²) in [5.41, 5.74) is 8.25. The van der Waals surface area contributed by atoms with Crippen molar-refractivity contribution in [2.75, 3.05) is 12.8 Å². The number of aromatic nitrogens is 2. The molecule has 0 bridgehead atoms. The van der Waals surface area contributed by atoms with E-state index in [4.69, 9.17) is 10.5 Å². The van der Waals surface area contributed by atoms with Crippen LogP contribution in [0.25, 0.3) is 11.4 Å². The first-order chi connectivity index (χ1) is 8.63. The number of ether oxygens (including phenoxy) is 1. The van der Waals surface area contributed by atoms with Gasteiger partial charge in [-0.05, 0) is 18.1 Å². The van der Waals surface area contributed by atoms with Crippen LogP contribution in [0.1, 0.15) is 25.5 Å². The van der Waals surface area contributed by atoms with Gasteiger partial charge >= 0.3 is 0 Å². The van der Waals surface area contributed by atoms with Crippen molar-refractivity contribution in [3.05, 3.63) is 36.2 Å². The highest BCUT2D eigenvalue weighted by Gasteiger charge is 2.12. The van der Waals surface area contributed by atoms with Gasteiger partial charge in [0.2, 0.25) is 0 Å². The lowest BCUT2D eigenvalue weighted by atomic mass is 10.1. The van der Waals surface area contributed by atoms with Crippen molar-refractivity contribution in [1.29, 1.82) is 0 Å². The molecule has 0 amide bonds. The Kier molecular flexibility index (Phi) is 3.46. The smallest absolute Gasteiger partial charge is 0.163 e. The molecule has 0 aliphatic carbocycles. The van der Waals surface area contributed by atoms with Gasteiger partial charge in [0.15, 0.2) is 5.82 Å². The molecule has 0 aliphatic heterocycles. The van der Waals surface area contributed by atoms with Crippen LogP contribution in [0.15, 0.2) is 30.5 Å². The molecule has 4 nitrogen and oxygen atoms in total. The number of hydrogen-bond acceptors (Lipinski definition) is 4. The molecule has 4 heteroatoms.